The molecule has 0 bridgehead atoms. The Kier molecular flexibility index (Phi) is 5.85. The summed E-state index contributed by atoms with van der Waals surface area (Å²) in [6.45, 7) is 5.43. The van der Waals surface area contributed by atoms with Gasteiger partial charge in [0.25, 0.3) is 0 Å². The SMILES string of the molecule is COc1c(C)cnc(CN2CC(O)N(CCc3ccncc3)c3cnc(N)nc32)c1C. The monoisotopic (exact) mass is 421 g/mol. The summed E-state index contributed by atoms with van der Waals surface area (Å²) in [5.41, 5.74) is 10.6. The van der Waals surface area contributed by atoms with Crippen LogP contribution in [-0.2, 0) is 13.0 Å². The first kappa shape index (κ1) is 20.8. The van der Waals surface area contributed by atoms with E-state index in [-0.39, 0.29) is 5.95 Å². The van der Waals surface area contributed by atoms with Crippen molar-refractivity contribution in [2.75, 3.05) is 35.7 Å². The minimum absolute atomic E-state index is 0.195. The number of aliphatic hydroxyl groups is 1. The summed E-state index contributed by atoms with van der Waals surface area (Å²) >= 11 is 0. The molecule has 9 nitrogen and oxygen atoms in total. The largest absolute Gasteiger partial charge is 0.496 e. The topological polar surface area (TPSA) is 114 Å². The third-order valence-electron chi connectivity index (χ3n) is 5.60. The summed E-state index contributed by atoms with van der Waals surface area (Å²) in [4.78, 5) is 21.2. The predicted molar refractivity (Wildman–Crippen MR) is 119 cm³/mol. The summed E-state index contributed by atoms with van der Waals surface area (Å²) in [5, 5.41) is 11.0. The highest BCUT2D eigenvalue weighted by molar-refractivity contribution is 5.70. The van der Waals surface area contributed by atoms with E-state index in [0.29, 0.717) is 25.5 Å². The quantitative estimate of drug-likeness (QED) is 0.615. The van der Waals surface area contributed by atoms with Crippen LogP contribution in [0.5, 0.6) is 5.75 Å². The fourth-order valence-corrected chi connectivity index (χ4v) is 3.98. The first-order chi connectivity index (χ1) is 15.0. The Morgan fingerprint density at radius 3 is 2.71 bits per heavy atom. The van der Waals surface area contributed by atoms with Crippen LogP contribution in [0.1, 0.15) is 22.4 Å². The number of fused-ring (bicyclic) bond motifs is 1. The molecule has 0 aliphatic carbocycles. The minimum Gasteiger partial charge on any atom is -0.496 e. The maximum Gasteiger partial charge on any atom is 0.222 e. The van der Waals surface area contributed by atoms with Gasteiger partial charge in [0.15, 0.2) is 5.82 Å². The van der Waals surface area contributed by atoms with Crippen molar-refractivity contribution in [1.82, 2.24) is 19.9 Å². The van der Waals surface area contributed by atoms with E-state index in [1.165, 1.54) is 0 Å². The fourth-order valence-electron chi connectivity index (χ4n) is 3.98. The normalized spacial score (nSPS) is 15.7. The van der Waals surface area contributed by atoms with Crippen molar-refractivity contribution in [2.24, 2.45) is 0 Å². The van der Waals surface area contributed by atoms with E-state index in [9.17, 15) is 5.11 Å². The fraction of sp³-hybridized carbons (Fsp3) is 0.364. The zero-order valence-corrected chi connectivity index (χ0v) is 18.0. The molecule has 1 atom stereocenters. The highest BCUT2D eigenvalue weighted by Gasteiger charge is 2.31. The molecule has 0 saturated heterocycles. The number of ether oxygens (including phenoxy) is 1. The van der Waals surface area contributed by atoms with Crippen molar-refractivity contribution in [1.29, 1.82) is 0 Å². The van der Waals surface area contributed by atoms with Crippen LogP contribution in [0.4, 0.5) is 17.5 Å². The first-order valence-corrected chi connectivity index (χ1v) is 10.2. The number of nitrogens with zero attached hydrogens (tertiary/aromatic N) is 6. The molecule has 0 spiro atoms. The van der Waals surface area contributed by atoms with E-state index < -0.39 is 6.23 Å². The second-order valence-electron chi connectivity index (χ2n) is 7.64. The van der Waals surface area contributed by atoms with Gasteiger partial charge in [0.1, 0.15) is 17.7 Å². The molecular weight excluding hydrogens is 394 g/mol. The van der Waals surface area contributed by atoms with Crippen LogP contribution in [-0.4, -0.2) is 51.5 Å². The maximum atomic E-state index is 11.0. The molecule has 1 aliphatic heterocycles. The third kappa shape index (κ3) is 4.22. The Bertz CT molecular complexity index is 1060. The van der Waals surface area contributed by atoms with Crippen LogP contribution in [0.25, 0.3) is 0 Å². The van der Waals surface area contributed by atoms with Gasteiger partial charge in [-0.15, -0.1) is 0 Å². The Labute approximate surface area is 181 Å². The Morgan fingerprint density at radius 2 is 1.97 bits per heavy atom. The van der Waals surface area contributed by atoms with Gasteiger partial charge in [-0.25, -0.2) is 4.98 Å². The smallest absolute Gasteiger partial charge is 0.222 e. The summed E-state index contributed by atoms with van der Waals surface area (Å²) < 4.78 is 5.54. The molecule has 3 aromatic heterocycles. The standard InChI is InChI=1S/C22H27N7O2/c1-14-10-25-17(15(2)20(14)31-3)12-28-13-19(30)29(9-6-16-4-7-24-8-5-16)18-11-26-22(23)27-21(18)28/h4-5,7-8,10-11,19,30H,6,9,12-13H2,1-3H3,(H2,23,26,27). The number of methoxy groups -OCH3 is 1. The van der Waals surface area contributed by atoms with Crippen molar-refractivity contribution in [3.8, 4) is 5.75 Å². The number of aromatic nitrogens is 4. The van der Waals surface area contributed by atoms with E-state index in [4.69, 9.17) is 10.5 Å². The molecule has 4 rings (SSSR count). The number of aryl methyl sites for hydroxylation is 1. The van der Waals surface area contributed by atoms with E-state index in [2.05, 4.69) is 19.9 Å². The number of nitrogen functional groups attached to an aromatic ring is 1. The lowest BCUT2D eigenvalue weighted by Crippen LogP contribution is -2.50. The highest BCUT2D eigenvalue weighted by atomic mass is 16.5. The van der Waals surface area contributed by atoms with Gasteiger partial charge in [0.2, 0.25) is 5.95 Å². The summed E-state index contributed by atoms with van der Waals surface area (Å²) in [7, 11) is 1.66. The number of rotatable bonds is 6. The number of hydrogen-bond donors (Lipinski definition) is 2. The number of nitrogens with two attached hydrogens (primary N) is 1. The van der Waals surface area contributed by atoms with Gasteiger partial charge in [-0.3, -0.25) is 9.97 Å². The Balaban J connectivity index is 1.62. The molecule has 0 fully saturated rings. The van der Waals surface area contributed by atoms with Crippen LogP contribution in [0.2, 0.25) is 0 Å². The lowest BCUT2D eigenvalue weighted by molar-refractivity contribution is 0.168. The second kappa shape index (κ2) is 8.73. The number of hydrogen-bond acceptors (Lipinski definition) is 9. The zero-order valence-electron chi connectivity index (χ0n) is 18.0. The highest BCUT2D eigenvalue weighted by Crippen LogP contribution is 2.35. The van der Waals surface area contributed by atoms with Crippen LogP contribution < -0.4 is 20.3 Å². The van der Waals surface area contributed by atoms with Crippen molar-refractivity contribution in [3.63, 3.8) is 0 Å². The molecule has 162 valence electrons. The number of pyridine rings is 2. The average molecular weight is 422 g/mol. The molecular formula is C22H27N7O2. The van der Waals surface area contributed by atoms with Gasteiger partial charge < -0.3 is 25.4 Å². The van der Waals surface area contributed by atoms with Gasteiger partial charge >= 0.3 is 0 Å². The van der Waals surface area contributed by atoms with Gasteiger partial charge in [0.05, 0.1) is 32.1 Å². The maximum absolute atomic E-state index is 11.0. The molecule has 0 aromatic carbocycles. The molecule has 0 radical (unpaired) electrons. The molecule has 31 heavy (non-hydrogen) atoms. The molecule has 1 unspecified atom stereocenters. The summed E-state index contributed by atoms with van der Waals surface area (Å²) in [5.74, 6) is 1.71. The van der Waals surface area contributed by atoms with E-state index in [0.717, 1.165) is 40.2 Å². The minimum atomic E-state index is -0.714. The van der Waals surface area contributed by atoms with E-state index in [1.54, 1.807) is 31.9 Å². The Morgan fingerprint density at radius 1 is 1.19 bits per heavy atom. The summed E-state index contributed by atoms with van der Waals surface area (Å²) in [6, 6.07) is 3.95. The van der Waals surface area contributed by atoms with Crippen LogP contribution in [0.3, 0.4) is 0 Å². The van der Waals surface area contributed by atoms with E-state index >= 15 is 0 Å². The van der Waals surface area contributed by atoms with Gasteiger partial charge in [-0.2, -0.15) is 4.98 Å². The molecule has 0 amide bonds. The van der Waals surface area contributed by atoms with Gasteiger partial charge in [-0.1, -0.05) is 0 Å². The van der Waals surface area contributed by atoms with Gasteiger partial charge in [0, 0.05) is 36.3 Å². The second-order valence-corrected chi connectivity index (χ2v) is 7.64. The summed E-state index contributed by atoms with van der Waals surface area (Å²) in [6.07, 6.45) is 7.07. The molecule has 4 heterocycles. The van der Waals surface area contributed by atoms with Gasteiger partial charge in [-0.05, 0) is 38.0 Å². The van der Waals surface area contributed by atoms with Crippen molar-refractivity contribution < 1.29 is 9.84 Å². The lowest BCUT2D eigenvalue weighted by Gasteiger charge is -2.41. The average Bonchev–Trinajstić information content (AvgIpc) is 2.76. The van der Waals surface area contributed by atoms with Crippen LogP contribution >= 0.6 is 0 Å². The molecule has 9 heteroatoms. The van der Waals surface area contributed by atoms with Crippen LogP contribution in [0.15, 0.2) is 36.9 Å². The third-order valence-corrected chi connectivity index (χ3v) is 5.60. The van der Waals surface area contributed by atoms with Crippen molar-refractivity contribution in [2.45, 2.75) is 33.0 Å². The van der Waals surface area contributed by atoms with Crippen molar-refractivity contribution >= 4 is 17.5 Å². The lowest BCUT2D eigenvalue weighted by atomic mass is 10.1. The van der Waals surface area contributed by atoms with E-state index in [1.807, 2.05) is 35.8 Å². The van der Waals surface area contributed by atoms with Crippen LogP contribution in [0, 0.1) is 13.8 Å². The number of anilines is 3. The Hall–Kier alpha value is -3.46. The number of aliphatic hydroxyl groups excluding tert-OH is 1. The molecule has 1 aliphatic rings. The number of β-amino-alcohol motifs (C(OH)–C–C–N with tert-alkyl or cyclic N) is 1. The molecule has 0 saturated carbocycles. The first-order valence-electron chi connectivity index (χ1n) is 10.2. The van der Waals surface area contributed by atoms with Crippen molar-refractivity contribution in [3.05, 3.63) is 59.3 Å². The molecule has 3 N–H and O–H groups in total. The zero-order chi connectivity index (χ0) is 22.0. The molecule has 3 aromatic rings. The predicted octanol–water partition coefficient (Wildman–Crippen LogP) is 1.86.